The highest BCUT2D eigenvalue weighted by Crippen LogP contribution is 2.28. The van der Waals surface area contributed by atoms with Crippen LogP contribution in [0.5, 0.6) is 17.2 Å². The van der Waals surface area contributed by atoms with E-state index in [1.807, 2.05) is 42.5 Å². The summed E-state index contributed by atoms with van der Waals surface area (Å²) in [5.41, 5.74) is 2.53. The lowest BCUT2D eigenvalue weighted by atomic mass is 10.1. The van der Waals surface area contributed by atoms with Crippen LogP contribution in [-0.2, 0) is 27.7 Å². The normalized spacial score (nSPS) is 12.0. The van der Waals surface area contributed by atoms with Crippen LogP contribution in [0.4, 0.5) is 0 Å². The number of methoxy groups -OCH3 is 3. The Kier molecular flexibility index (Phi) is 9.32. The quantitative estimate of drug-likeness (QED) is 0.386. The van der Waals surface area contributed by atoms with E-state index in [1.54, 1.807) is 39.3 Å². The van der Waals surface area contributed by atoms with Crippen LogP contribution in [0.3, 0.4) is 0 Å². The van der Waals surface area contributed by atoms with Crippen LogP contribution < -0.4 is 24.2 Å². The molecule has 192 valence electrons. The number of aryl methyl sites for hydroxylation is 1. The van der Waals surface area contributed by atoms with Gasteiger partial charge in [-0.3, -0.25) is 4.79 Å². The topological polar surface area (TPSA) is 103 Å². The Balaban J connectivity index is 1.77. The van der Waals surface area contributed by atoms with E-state index in [-0.39, 0.29) is 17.1 Å². The molecule has 0 aliphatic rings. The van der Waals surface area contributed by atoms with Crippen LogP contribution in [0, 0.1) is 6.92 Å². The fraction of sp³-hybridized carbons (Fsp3) is 0.296. The molecule has 0 saturated heterocycles. The van der Waals surface area contributed by atoms with Gasteiger partial charge < -0.3 is 19.5 Å². The van der Waals surface area contributed by atoms with Gasteiger partial charge in [-0.1, -0.05) is 42.5 Å². The van der Waals surface area contributed by atoms with Gasteiger partial charge in [0, 0.05) is 6.54 Å². The minimum Gasteiger partial charge on any atom is -0.495 e. The molecule has 3 aromatic rings. The summed E-state index contributed by atoms with van der Waals surface area (Å²) in [6.07, 6.45) is 0.721. The molecule has 0 aromatic heterocycles. The van der Waals surface area contributed by atoms with Crippen LogP contribution in [-0.4, -0.2) is 48.2 Å². The first kappa shape index (κ1) is 27.0. The van der Waals surface area contributed by atoms with Crippen LogP contribution in [0.25, 0.3) is 0 Å². The molecule has 8 nitrogen and oxygen atoms in total. The third-order valence-corrected chi connectivity index (χ3v) is 7.16. The van der Waals surface area contributed by atoms with Crippen LogP contribution >= 0.6 is 0 Å². The number of nitrogens with one attached hydrogen (secondary N) is 2. The summed E-state index contributed by atoms with van der Waals surface area (Å²) in [6.45, 7) is 2.11. The van der Waals surface area contributed by atoms with Gasteiger partial charge in [0.15, 0.2) is 11.5 Å². The SMILES string of the molecule is COc1ccc(CCNC(=O)[C@H](Cc2ccccc2)NS(=O)(=O)c2cc(C)ccc2OC)cc1OC. The van der Waals surface area contributed by atoms with Gasteiger partial charge in [0.1, 0.15) is 16.7 Å². The second-order valence-electron chi connectivity index (χ2n) is 8.25. The number of ether oxygens (including phenoxy) is 3. The molecule has 0 spiro atoms. The van der Waals surface area contributed by atoms with Crippen LogP contribution in [0.2, 0.25) is 0 Å². The minimum absolute atomic E-state index is 0.0128. The van der Waals surface area contributed by atoms with Gasteiger partial charge in [0.05, 0.1) is 21.3 Å². The number of sulfonamides is 1. The van der Waals surface area contributed by atoms with Crippen molar-refractivity contribution in [2.75, 3.05) is 27.9 Å². The smallest absolute Gasteiger partial charge is 0.244 e. The van der Waals surface area contributed by atoms with Crippen molar-refractivity contribution < 1.29 is 27.4 Å². The molecule has 0 radical (unpaired) electrons. The minimum atomic E-state index is -4.05. The maximum absolute atomic E-state index is 13.3. The molecule has 1 atom stereocenters. The third-order valence-electron chi connectivity index (χ3n) is 5.67. The van der Waals surface area contributed by atoms with Gasteiger partial charge in [-0.25, -0.2) is 8.42 Å². The van der Waals surface area contributed by atoms with Gasteiger partial charge in [0.2, 0.25) is 15.9 Å². The van der Waals surface area contributed by atoms with Crippen LogP contribution in [0.1, 0.15) is 16.7 Å². The van der Waals surface area contributed by atoms with Crippen molar-refractivity contribution in [3.63, 3.8) is 0 Å². The second kappa shape index (κ2) is 12.4. The van der Waals surface area contributed by atoms with Crippen molar-refractivity contribution in [2.24, 2.45) is 0 Å². The Morgan fingerprint density at radius 2 is 1.50 bits per heavy atom. The average molecular weight is 513 g/mol. The van der Waals surface area contributed by atoms with E-state index in [0.717, 1.165) is 16.7 Å². The molecule has 1 amide bonds. The fourth-order valence-electron chi connectivity index (χ4n) is 3.77. The molecule has 9 heteroatoms. The number of carbonyl (C=O) groups is 1. The Labute approximate surface area is 212 Å². The molecule has 0 saturated carbocycles. The molecule has 0 unspecified atom stereocenters. The standard InChI is InChI=1S/C27H32N2O6S/c1-19-10-12-24(34-3)26(16-19)36(31,32)29-22(17-20-8-6-5-7-9-20)27(30)28-15-14-21-11-13-23(33-2)25(18-21)35-4/h5-13,16,18,22,29H,14-15,17H2,1-4H3,(H,28,30)/t22-/m0/s1. The van der Waals surface area contributed by atoms with Gasteiger partial charge in [0.25, 0.3) is 0 Å². The Bertz CT molecular complexity index is 1280. The second-order valence-corrected chi connectivity index (χ2v) is 9.93. The van der Waals surface area contributed by atoms with Gasteiger partial charge >= 0.3 is 0 Å². The zero-order valence-electron chi connectivity index (χ0n) is 20.9. The number of amides is 1. The van der Waals surface area contributed by atoms with Gasteiger partial charge in [-0.05, 0) is 60.7 Å². The van der Waals surface area contributed by atoms with E-state index in [0.29, 0.717) is 24.5 Å². The van der Waals surface area contributed by atoms with E-state index in [2.05, 4.69) is 10.0 Å². The molecule has 0 bridgehead atoms. The highest BCUT2D eigenvalue weighted by molar-refractivity contribution is 7.89. The molecule has 36 heavy (non-hydrogen) atoms. The maximum atomic E-state index is 13.3. The molecule has 0 aliphatic heterocycles. The first-order valence-corrected chi connectivity index (χ1v) is 12.9. The van der Waals surface area contributed by atoms with Gasteiger partial charge in [-0.15, -0.1) is 0 Å². The van der Waals surface area contributed by atoms with Gasteiger partial charge in [-0.2, -0.15) is 4.72 Å². The summed E-state index contributed by atoms with van der Waals surface area (Å²) in [7, 11) is 0.489. The lowest BCUT2D eigenvalue weighted by Gasteiger charge is -2.20. The maximum Gasteiger partial charge on any atom is 0.244 e. The molecular weight excluding hydrogens is 480 g/mol. The molecule has 2 N–H and O–H groups in total. The van der Waals surface area contributed by atoms with Crippen molar-refractivity contribution in [2.45, 2.75) is 30.7 Å². The van der Waals surface area contributed by atoms with E-state index < -0.39 is 22.0 Å². The Morgan fingerprint density at radius 1 is 0.833 bits per heavy atom. The number of benzene rings is 3. The highest BCUT2D eigenvalue weighted by Gasteiger charge is 2.28. The Hall–Kier alpha value is -3.56. The summed E-state index contributed by atoms with van der Waals surface area (Å²) in [5, 5.41) is 2.86. The molecule has 0 aliphatic carbocycles. The number of hydrogen-bond donors (Lipinski definition) is 2. The number of rotatable bonds is 12. The number of carbonyl (C=O) groups excluding carboxylic acids is 1. The molecule has 0 heterocycles. The fourth-order valence-corrected chi connectivity index (χ4v) is 5.22. The van der Waals surface area contributed by atoms with Crippen LogP contribution in [0.15, 0.2) is 71.6 Å². The van der Waals surface area contributed by atoms with E-state index in [1.165, 1.54) is 13.2 Å². The number of hydrogen-bond acceptors (Lipinski definition) is 6. The first-order valence-electron chi connectivity index (χ1n) is 11.5. The summed E-state index contributed by atoms with van der Waals surface area (Å²) in [5.74, 6) is 1.01. The molecule has 3 aromatic carbocycles. The van der Waals surface area contributed by atoms with Crippen molar-refractivity contribution in [3.05, 3.63) is 83.4 Å². The average Bonchev–Trinajstić information content (AvgIpc) is 2.88. The summed E-state index contributed by atoms with van der Waals surface area (Å²) in [4.78, 5) is 13.2. The predicted octanol–water partition coefficient (Wildman–Crippen LogP) is 3.27. The van der Waals surface area contributed by atoms with E-state index in [4.69, 9.17) is 14.2 Å². The first-order chi connectivity index (χ1) is 17.3. The lowest BCUT2D eigenvalue weighted by molar-refractivity contribution is -0.122. The van der Waals surface area contributed by atoms with E-state index >= 15 is 0 Å². The predicted molar refractivity (Wildman–Crippen MR) is 138 cm³/mol. The van der Waals surface area contributed by atoms with Crippen molar-refractivity contribution in [1.29, 1.82) is 0 Å². The zero-order chi connectivity index (χ0) is 26.1. The largest absolute Gasteiger partial charge is 0.495 e. The Morgan fingerprint density at radius 3 is 2.17 bits per heavy atom. The lowest BCUT2D eigenvalue weighted by Crippen LogP contribution is -2.48. The summed E-state index contributed by atoms with van der Waals surface area (Å²) < 4.78 is 45.0. The molecule has 3 rings (SSSR count). The zero-order valence-corrected chi connectivity index (χ0v) is 21.7. The third kappa shape index (κ3) is 6.99. The summed E-state index contributed by atoms with van der Waals surface area (Å²) in [6, 6.07) is 18.7. The highest BCUT2D eigenvalue weighted by atomic mass is 32.2. The monoisotopic (exact) mass is 512 g/mol. The van der Waals surface area contributed by atoms with E-state index in [9.17, 15) is 13.2 Å². The molecule has 0 fully saturated rings. The summed E-state index contributed by atoms with van der Waals surface area (Å²) >= 11 is 0. The van der Waals surface area contributed by atoms with Crippen molar-refractivity contribution in [1.82, 2.24) is 10.0 Å². The van der Waals surface area contributed by atoms with Crippen molar-refractivity contribution in [3.8, 4) is 17.2 Å². The van der Waals surface area contributed by atoms with Crippen molar-refractivity contribution >= 4 is 15.9 Å². The molecular formula is C27H32N2O6S.